The van der Waals surface area contributed by atoms with Crippen LogP contribution in [0.15, 0.2) is 21.0 Å². The van der Waals surface area contributed by atoms with Crippen LogP contribution in [0.4, 0.5) is 0 Å². The summed E-state index contributed by atoms with van der Waals surface area (Å²) in [5.74, 6) is -1.34. The molecule has 0 aromatic carbocycles. The minimum absolute atomic E-state index is 0.00177. The molecule has 2 amide bonds. The van der Waals surface area contributed by atoms with E-state index in [-0.39, 0.29) is 22.7 Å². The van der Waals surface area contributed by atoms with Gasteiger partial charge >= 0.3 is 5.97 Å². The summed E-state index contributed by atoms with van der Waals surface area (Å²) in [7, 11) is 0. The van der Waals surface area contributed by atoms with Crippen LogP contribution in [0.1, 0.15) is 10.5 Å². The number of aromatic nitrogens is 1. The largest absolute Gasteiger partial charge is 0.477 e. The maximum Gasteiger partial charge on any atom is 0.352 e. The van der Waals surface area contributed by atoms with Gasteiger partial charge in [0.05, 0.1) is 9.72 Å². The molecular weight excluding hydrogens is 360 g/mol. The zero-order chi connectivity index (χ0) is 16.7. The normalized spacial score (nSPS) is 23.5. The summed E-state index contributed by atoms with van der Waals surface area (Å²) in [5, 5.41) is 9.13. The predicted octanol–water partition coefficient (Wildman–Crippen LogP) is -0.0848. The molecule has 8 nitrogen and oxygen atoms in total. The molecule has 0 bridgehead atoms. The highest BCUT2D eigenvalue weighted by molar-refractivity contribution is 8.02. The number of hydrogen-bond donors (Lipinski definition) is 3. The molecule has 0 radical (unpaired) electrons. The fourth-order valence-corrected chi connectivity index (χ4v) is 5.70. The second-order valence-corrected chi connectivity index (χ2v) is 8.04. The van der Waals surface area contributed by atoms with E-state index in [0.29, 0.717) is 21.3 Å². The van der Waals surface area contributed by atoms with E-state index in [1.807, 2.05) is 0 Å². The van der Waals surface area contributed by atoms with Crippen molar-refractivity contribution in [2.75, 3.05) is 11.5 Å². The number of nitrogens with two attached hydrogens (primary N) is 2. The molecule has 2 aliphatic heterocycles. The second kappa shape index (κ2) is 6.15. The van der Waals surface area contributed by atoms with Gasteiger partial charge in [0.2, 0.25) is 5.91 Å². The monoisotopic (exact) mass is 372 g/mol. The van der Waals surface area contributed by atoms with Crippen molar-refractivity contribution < 1.29 is 19.5 Å². The molecule has 5 N–H and O–H groups in total. The van der Waals surface area contributed by atoms with E-state index in [1.165, 1.54) is 45.3 Å². The molecule has 3 heterocycles. The van der Waals surface area contributed by atoms with Crippen LogP contribution in [0.5, 0.6) is 0 Å². The number of hydrogen-bond acceptors (Lipinski definition) is 8. The first kappa shape index (κ1) is 16.3. The van der Waals surface area contributed by atoms with Crippen molar-refractivity contribution in [1.82, 2.24) is 9.88 Å². The Kier molecular flexibility index (Phi) is 4.36. The van der Waals surface area contributed by atoms with Crippen molar-refractivity contribution in [2.45, 2.75) is 15.6 Å². The Balaban J connectivity index is 1.83. The van der Waals surface area contributed by atoms with Gasteiger partial charge in [0, 0.05) is 11.5 Å². The third kappa shape index (κ3) is 2.73. The highest BCUT2D eigenvalue weighted by Crippen LogP contribution is 2.41. The van der Waals surface area contributed by atoms with E-state index in [9.17, 15) is 19.5 Å². The molecule has 0 spiro atoms. The van der Waals surface area contributed by atoms with Crippen LogP contribution < -0.4 is 11.5 Å². The number of fused-ring (bicyclic) bond motifs is 1. The van der Waals surface area contributed by atoms with Gasteiger partial charge in [-0.15, -0.1) is 34.9 Å². The Morgan fingerprint density at radius 2 is 2.26 bits per heavy atom. The molecule has 1 unspecified atom stereocenters. The molecule has 122 valence electrons. The molecule has 1 aromatic heterocycles. The summed E-state index contributed by atoms with van der Waals surface area (Å²) < 4.78 is 0.633. The summed E-state index contributed by atoms with van der Waals surface area (Å²) in [5.41, 5.74) is 13.2. The van der Waals surface area contributed by atoms with Gasteiger partial charge in [-0.05, 0) is 5.57 Å². The number of carboxylic acids is 1. The summed E-state index contributed by atoms with van der Waals surface area (Å²) in [6, 6.07) is -0.647. The average molecular weight is 372 g/mol. The average Bonchev–Trinajstić information content (AvgIpc) is 2.99. The van der Waals surface area contributed by atoms with Crippen LogP contribution in [0.3, 0.4) is 0 Å². The van der Waals surface area contributed by atoms with E-state index < -0.39 is 17.9 Å². The van der Waals surface area contributed by atoms with Crippen LogP contribution in [0, 0.1) is 0 Å². The van der Waals surface area contributed by atoms with Gasteiger partial charge in [0.15, 0.2) is 5.69 Å². The first-order valence-corrected chi connectivity index (χ1v) is 9.35. The summed E-state index contributed by atoms with van der Waals surface area (Å²) >= 11 is 4.00. The molecule has 0 saturated carbocycles. The third-order valence-electron chi connectivity index (χ3n) is 3.44. The molecule has 1 aromatic rings. The topological polar surface area (TPSA) is 140 Å². The van der Waals surface area contributed by atoms with Gasteiger partial charge in [-0.2, -0.15) is 0 Å². The highest BCUT2D eigenvalue weighted by atomic mass is 32.2. The number of rotatable bonds is 5. The lowest BCUT2D eigenvalue weighted by atomic mass is 10.0. The number of amides is 2. The number of carbonyl (C=O) groups excluding carboxylic acids is 2. The van der Waals surface area contributed by atoms with Crippen LogP contribution in [-0.4, -0.2) is 55.7 Å². The standard InChI is InChI=1S/C12H12N4O4S3/c13-5-9(18)16-7(11(19)20)4(1-21-10(5)16)2-22-12-6(8(14)17)15-3-23-12/h3,5,10H,1-2,13H2,(H2,14,17)(H,19,20)/t5?,10-/m0/s1. The number of nitrogens with zero attached hydrogens (tertiary/aromatic N) is 2. The van der Waals surface area contributed by atoms with E-state index in [2.05, 4.69) is 4.98 Å². The first-order chi connectivity index (χ1) is 10.9. The van der Waals surface area contributed by atoms with Crippen molar-refractivity contribution in [3.63, 3.8) is 0 Å². The highest BCUT2D eigenvalue weighted by Gasteiger charge is 2.51. The SMILES string of the molecule is NC(=O)c1ncsc1SCC1=C(C(=O)O)N2C(=O)C(N)[C@@H]2SC1. The minimum Gasteiger partial charge on any atom is -0.477 e. The maximum atomic E-state index is 11.8. The third-order valence-corrected chi connectivity index (χ3v) is 7.01. The molecule has 0 aliphatic carbocycles. The second-order valence-electron chi connectivity index (χ2n) is 4.83. The number of primary amides is 1. The maximum absolute atomic E-state index is 11.8. The molecular formula is C12H12N4O4S3. The fraction of sp³-hybridized carbons (Fsp3) is 0.333. The molecule has 23 heavy (non-hydrogen) atoms. The van der Waals surface area contributed by atoms with Gasteiger partial charge in [-0.25, -0.2) is 9.78 Å². The summed E-state index contributed by atoms with van der Waals surface area (Å²) in [6.45, 7) is 0. The van der Waals surface area contributed by atoms with E-state index in [4.69, 9.17) is 11.5 Å². The Morgan fingerprint density at radius 3 is 2.91 bits per heavy atom. The van der Waals surface area contributed by atoms with Gasteiger partial charge < -0.3 is 16.6 Å². The molecule has 2 aliphatic rings. The molecule has 11 heteroatoms. The minimum atomic E-state index is -1.15. The summed E-state index contributed by atoms with van der Waals surface area (Å²) in [4.78, 5) is 39.8. The Bertz CT molecular complexity index is 732. The predicted molar refractivity (Wildman–Crippen MR) is 87.1 cm³/mol. The fourth-order valence-electron chi connectivity index (χ4n) is 2.35. The molecule has 1 fully saturated rings. The zero-order valence-electron chi connectivity index (χ0n) is 11.6. The van der Waals surface area contributed by atoms with E-state index in [1.54, 1.807) is 0 Å². The zero-order valence-corrected chi connectivity index (χ0v) is 14.0. The van der Waals surface area contributed by atoms with Crippen molar-refractivity contribution in [2.24, 2.45) is 11.5 Å². The van der Waals surface area contributed by atoms with Crippen molar-refractivity contribution in [3.05, 3.63) is 22.5 Å². The van der Waals surface area contributed by atoms with Crippen molar-refractivity contribution in [3.8, 4) is 0 Å². The number of thiazole rings is 1. The van der Waals surface area contributed by atoms with Crippen LogP contribution in [-0.2, 0) is 9.59 Å². The van der Waals surface area contributed by atoms with Crippen LogP contribution >= 0.6 is 34.9 Å². The van der Waals surface area contributed by atoms with Gasteiger partial charge in [0.1, 0.15) is 17.1 Å². The van der Waals surface area contributed by atoms with Crippen LogP contribution in [0.25, 0.3) is 0 Å². The molecule has 1 saturated heterocycles. The lowest BCUT2D eigenvalue weighted by Crippen LogP contribution is -2.68. The Hall–Kier alpha value is -1.56. The van der Waals surface area contributed by atoms with Crippen LogP contribution in [0.2, 0.25) is 0 Å². The summed E-state index contributed by atoms with van der Waals surface area (Å²) in [6.07, 6.45) is 0. The Labute approximate surface area is 143 Å². The van der Waals surface area contributed by atoms with Crippen molar-refractivity contribution >= 4 is 52.6 Å². The lowest BCUT2D eigenvalue weighted by molar-refractivity contribution is -0.147. The van der Waals surface area contributed by atoms with E-state index in [0.717, 1.165) is 0 Å². The molecule has 3 rings (SSSR count). The van der Waals surface area contributed by atoms with Crippen molar-refractivity contribution in [1.29, 1.82) is 0 Å². The lowest BCUT2D eigenvalue weighted by Gasteiger charge is -2.48. The number of thioether (sulfide) groups is 2. The first-order valence-electron chi connectivity index (χ1n) is 6.43. The van der Waals surface area contributed by atoms with E-state index >= 15 is 0 Å². The van der Waals surface area contributed by atoms with Gasteiger partial charge in [0.25, 0.3) is 5.91 Å². The Morgan fingerprint density at radius 1 is 1.52 bits per heavy atom. The smallest absolute Gasteiger partial charge is 0.352 e. The number of β-lactam (4-membered cyclic amide) rings is 1. The number of aliphatic carboxylic acids is 1. The molecule has 2 atom stereocenters. The number of carbonyl (C=O) groups is 3. The van der Waals surface area contributed by atoms with Gasteiger partial charge in [-0.1, -0.05) is 0 Å². The van der Waals surface area contributed by atoms with Gasteiger partial charge in [-0.3, -0.25) is 14.5 Å². The quantitative estimate of drug-likeness (QED) is 0.481. The number of carboxylic acid groups (broad SMARTS) is 1.